The molecule has 1 saturated carbocycles. The SMILES string of the molecule is COc1ccccc1N1CCN(c2ccc(NC(=O)C3CCCCC3)cc2C(=O)N2CCCCC2)CC1. The quantitative estimate of drug-likeness (QED) is 0.588. The van der Waals surface area contributed by atoms with Crippen molar-refractivity contribution < 1.29 is 14.3 Å². The van der Waals surface area contributed by atoms with Crippen LogP contribution in [0.2, 0.25) is 0 Å². The van der Waals surface area contributed by atoms with Crippen molar-refractivity contribution in [1.29, 1.82) is 0 Å². The molecule has 2 aromatic rings. The van der Waals surface area contributed by atoms with Gasteiger partial charge in [0.2, 0.25) is 5.91 Å². The number of piperidine rings is 1. The van der Waals surface area contributed by atoms with Crippen molar-refractivity contribution >= 4 is 28.9 Å². The summed E-state index contributed by atoms with van der Waals surface area (Å²) in [5, 5.41) is 3.13. The highest BCUT2D eigenvalue weighted by Gasteiger charge is 2.27. The summed E-state index contributed by atoms with van der Waals surface area (Å²) in [5.41, 5.74) is 3.50. The molecule has 0 unspecified atom stereocenters. The lowest BCUT2D eigenvalue weighted by molar-refractivity contribution is -0.120. The van der Waals surface area contributed by atoms with Crippen LogP contribution in [-0.2, 0) is 4.79 Å². The average Bonchev–Trinajstić information content (AvgIpc) is 2.97. The van der Waals surface area contributed by atoms with Crippen LogP contribution in [0.5, 0.6) is 5.75 Å². The summed E-state index contributed by atoms with van der Waals surface area (Å²) >= 11 is 0. The van der Waals surface area contributed by atoms with E-state index in [2.05, 4.69) is 21.2 Å². The maximum Gasteiger partial charge on any atom is 0.256 e. The predicted octanol–water partition coefficient (Wildman–Crippen LogP) is 5.17. The van der Waals surface area contributed by atoms with Gasteiger partial charge in [0, 0.05) is 56.6 Å². The van der Waals surface area contributed by atoms with Crippen LogP contribution in [0.15, 0.2) is 42.5 Å². The molecule has 2 heterocycles. The lowest BCUT2D eigenvalue weighted by atomic mass is 9.88. The van der Waals surface area contributed by atoms with E-state index in [0.29, 0.717) is 5.56 Å². The minimum Gasteiger partial charge on any atom is -0.495 e. The topological polar surface area (TPSA) is 65.1 Å². The molecule has 0 radical (unpaired) electrons. The zero-order valence-corrected chi connectivity index (χ0v) is 22.1. The van der Waals surface area contributed by atoms with Crippen LogP contribution in [0, 0.1) is 5.92 Å². The first-order valence-electron chi connectivity index (χ1n) is 14.0. The molecule has 2 aromatic carbocycles. The van der Waals surface area contributed by atoms with E-state index in [9.17, 15) is 9.59 Å². The lowest BCUT2D eigenvalue weighted by Crippen LogP contribution is -2.47. The molecule has 0 atom stereocenters. The van der Waals surface area contributed by atoms with E-state index in [0.717, 1.165) is 101 Å². The smallest absolute Gasteiger partial charge is 0.256 e. The molecular formula is C30H40N4O3. The number of ether oxygens (including phenoxy) is 1. The Labute approximate surface area is 220 Å². The van der Waals surface area contributed by atoms with Gasteiger partial charge in [0.25, 0.3) is 5.91 Å². The highest BCUT2D eigenvalue weighted by atomic mass is 16.5. The van der Waals surface area contributed by atoms with Crippen LogP contribution in [0.25, 0.3) is 0 Å². The highest BCUT2D eigenvalue weighted by molar-refractivity contribution is 6.02. The monoisotopic (exact) mass is 504 g/mol. The van der Waals surface area contributed by atoms with E-state index in [1.165, 1.54) is 12.8 Å². The van der Waals surface area contributed by atoms with Gasteiger partial charge in [-0.05, 0) is 62.4 Å². The van der Waals surface area contributed by atoms with Crippen molar-refractivity contribution in [2.45, 2.75) is 51.4 Å². The van der Waals surface area contributed by atoms with Crippen LogP contribution in [-0.4, -0.2) is 63.1 Å². The summed E-state index contributed by atoms with van der Waals surface area (Å²) in [6.07, 6.45) is 8.66. The van der Waals surface area contributed by atoms with E-state index in [4.69, 9.17) is 4.74 Å². The number of carbonyl (C=O) groups excluding carboxylic acids is 2. The molecule has 2 saturated heterocycles. The Hall–Kier alpha value is -3.22. The first-order valence-corrected chi connectivity index (χ1v) is 14.0. The minimum atomic E-state index is 0.0793. The van der Waals surface area contributed by atoms with Gasteiger partial charge in [-0.3, -0.25) is 9.59 Å². The van der Waals surface area contributed by atoms with Crippen LogP contribution in [0.1, 0.15) is 61.7 Å². The summed E-state index contributed by atoms with van der Waals surface area (Å²) in [4.78, 5) is 33.3. The Balaban J connectivity index is 1.35. The van der Waals surface area contributed by atoms with Gasteiger partial charge in [-0.15, -0.1) is 0 Å². The number of amides is 2. The second-order valence-corrected chi connectivity index (χ2v) is 10.6. The van der Waals surface area contributed by atoms with Gasteiger partial charge < -0.3 is 24.8 Å². The Morgan fingerprint density at radius 1 is 0.784 bits per heavy atom. The third kappa shape index (κ3) is 5.86. The number of nitrogens with zero attached hydrogens (tertiary/aromatic N) is 3. The molecular weight excluding hydrogens is 464 g/mol. The summed E-state index contributed by atoms with van der Waals surface area (Å²) in [6.45, 7) is 4.92. The molecule has 3 fully saturated rings. The number of likely N-dealkylation sites (tertiary alicyclic amines) is 1. The zero-order chi connectivity index (χ0) is 25.6. The molecule has 37 heavy (non-hydrogen) atoms. The van der Waals surface area contributed by atoms with Gasteiger partial charge in [-0.25, -0.2) is 0 Å². The third-order valence-corrected chi connectivity index (χ3v) is 8.16. The normalized spacial score (nSPS) is 19.0. The number of hydrogen-bond acceptors (Lipinski definition) is 5. The molecule has 0 aromatic heterocycles. The predicted molar refractivity (Wildman–Crippen MR) is 149 cm³/mol. The number of piperazine rings is 1. The number of benzene rings is 2. The minimum absolute atomic E-state index is 0.0793. The van der Waals surface area contributed by atoms with Crippen molar-refractivity contribution in [3.63, 3.8) is 0 Å². The molecule has 3 aliphatic rings. The Morgan fingerprint density at radius 2 is 1.43 bits per heavy atom. The first kappa shape index (κ1) is 25.4. The highest BCUT2D eigenvalue weighted by Crippen LogP contribution is 2.32. The van der Waals surface area contributed by atoms with Crippen molar-refractivity contribution in [2.75, 3.05) is 61.5 Å². The molecule has 1 aliphatic carbocycles. The fourth-order valence-corrected chi connectivity index (χ4v) is 6.02. The fourth-order valence-electron chi connectivity index (χ4n) is 6.02. The van der Waals surface area contributed by atoms with Crippen molar-refractivity contribution in [3.05, 3.63) is 48.0 Å². The molecule has 1 N–H and O–H groups in total. The Morgan fingerprint density at radius 3 is 2.14 bits per heavy atom. The number of nitrogens with one attached hydrogen (secondary N) is 1. The molecule has 0 bridgehead atoms. The summed E-state index contributed by atoms with van der Waals surface area (Å²) in [5.74, 6) is 1.14. The number of anilines is 3. The summed E-state index contributed by atoms with van der Waals surface area (Å²) in [6, 6.07) is 14.0. The van der Waals surface area contributed by atoms with E-state index < -0.39 is 0 Å². The van der Waals surface area contributed by atoms with Crippen molar-refractivity contribution in [3.8, 4) is 5.75 Å². The van der Waals surface area contributed by atoms with Crippen molar-refractivity contribution in [1.82, 2.24) is 4.90 Å². The van der Waals surface area contributed by atoms with Crippen LogP contribution in [0.4, 0.5) is 17.1 Å². The number of hydrogen-bond donors (Lipinski definition) is 1. The standard InChI is InChI=1S/C30H40N4O3/c1-37-28-13-7-6-12-27(28)33-20-18-32(19-21-33)26-15-14-24(31-29(35)23-10-4-2-5-11-23)22-25(26)30(36)34-16-8-3-9-17-34/h6-7,12-15,22-23H,2-5,8-11,16-21H2,1H3,(H,31,35). The summed E-state index contributed by atoms with van der Waals surface area (Å²) in [7, 11) is 1.71. The van der Waals surface area contributed by atoms with E-state index in [1.54, 1.807) is 7.11 Å². The Kier molecular flexibility index (Phi) is 8.17. The van der Waals surface area contributed by atoms with Gasteiger partial charge in [-0.1, -0.05) is 31.4 Å². The van der Waals surface area contributed by atoms with E-state index in [1.807, 2.05) is 41.3 Å². The number of carbonyl (C=O) groups is 2. The largest absolute Gasteiger partial charge is 0.495 e. The maximum atomic E-state index is 13.7. The van der Waals surface area contributed by atoms with Crippen molar-refractivity contribution in [2.24, 2.45) is 5.92 Å². The average molecular weight is 505 g/mol. The number of rotatable bonds is 6. The van der Waals surface area contributed by atoms with Gasteiger partial charge in [0.1, 0.15) is 5.75 Å². The van der Waals surface area contributed by atoms with E-state index in [-0.39, 0.29) is 17.7 Å². The molecule has 7 heteroatoms. The lowest BCUT2D eigenvalue weighted by Gasteiger charge is -2.39. The van der Waals surface area contributed by atoms with Gasteiger partial charge in [0.05, 0.1) is 18.4 Å². The fraction of sp³-hybridized carbons (Fsp3) is 0.533. The van der Waals surface area contributed by atoms with Gasteiger partial charge in [0.15, 0.2) is 0 Å². The van der Waals surface area contributed by atoms with Crippen LogP contribution >= 0.6 is 0 Å². The third-order valence-electron chi connectivity index (χ3n) is 8.16. The molecule has 2 amide bonds. The molecule has 2 aliphatic heterocycles. The van der Waals surface area contributed by atoms with Crippen LogP contribution in [0.3, 0.4) is 0 Å². The Bertz CT molecular complexity index is 1080. The first-order chi connectivity index (χ1) is 18.1. The number of para-hydroxylation sites is 2. The van der Waals surface area contributed by atoms with E-state index >= 15 is 0 Å². The molecule has 7 nitrogen and oxygen atoms in total. The zero-order valence-electron chi connectivity index (χ0n) is 22.1. The van der Waals surface area contributed by atoms with Gasteiger partial charge in [-0.2, -0.15) is 0 Å². The summed E-state index contributed by atoms with van der Waals surface area (Å²) < 4.78 is 5.58. The molecule has 5 rings (SSSR count). The second-order valence-electron chi connectivity index (χ2n) is 10.6. The second kappa shape index (κ2) is 11.9. The van der Waals surface area contributed by atoms with Crippen LogP contribution < -0.4 is 19.9 Å². The molecule has 198 valence electrons. The maximum absolute atomic E-state index is 13.7. The van der Waals surface area contributed by atoms with Gasteiger partial charge >= 0.3 is 0 Å². The number of methoxy groups -OCH3 is 1. The molecule has 0 spiro atoms.